The highest BCUT2D eigenvalue weighted by Crippen LogP contribution is 2.27. The van der Waals surface area contributed by atoms with E-state index >= 15 is 0 Å². The van der Waals surface area contributed by atoms with Gasteiger partial charge in [-0.3, -0.25) is 0 Å². The number of hydrogen-bond acceptors (Lipinski definition) is 7. The normalized spacial score (nSPS) is 11.5. The average molecular weight is 375 g/mol. The van der Waals surface area contributed by atoms with Crippen LogP contribution in [0.4, 0.5) is 0 Å². The van der Waals surface area contributed by atoms with E-state index in [9.17, 15) is 5.11 Å². The second-order valence-corrected chi connectivity index (χ2v) is 6.82. The fraction of sp³-hybridized carbons (Fsp3) is 0.250. The Kier molecular flexibility index (Phi) is 4.95. The van der Waals surface area contributed by atoms with Crippen molar-refractivity contribution >= 4 is 29.8 Å². The van der Waals surface area contributed by atoms with Crippen molar-refractivity contribution in [1.29, 1.82) is 0 Å². The zero-order valence-electron chi connectivity index (χ0n) is 13.9. The number of thiazole rings is 1. The number of H-pyrrole nitrogens is 1. The van der Waals surface area contributed by atoms with Gasteiger partial charge in [-0.1, -0.05) is 13.8 Å². The minimum Gasteiger partial charge on any atom is -0.504 e. The number of aromatic hydroxyl groups is 1. The van der Waals surface area contributed by atoms with Crippen LogP contribution in [-0.4, -0.2) is 38.3 Å². The van der Waals surface area contributed by atoms with Crippen LogP contribution in [0, 0.1) is 4.77 Å². The van der Waals surface area contributed by atoms with Crippen molar-refractivity contribution < 1.29 is 9.84 Å². The van der Waals surface area contributed by atoms with E-state index in [4.69, 9.17) is 17.0 Å². The van der Waals surface area contributed by atoms with E-state index in [1.54, 1.807) is 24.4 Å². The maximum Gasteiger partial charge on any atom is 0.216 e. The van der Waals surface area contributed by atoms with Gasteiger partial charge in [-0.2, -0.15) is 9.78 Å². The van der Waals surface area contributed by atoms with Crippen LogP contribution in [0.5, 0.6) is 11.5 Å². The van der Waals surface area contributed by atoms with Gasteiger partial charge in [0.05, 0.1) is 19.0 Å². The van der Waals surface area contributed by atoms with Crippen molar-refractivity contribution in [2.45, 2.75) is 19.8 Å². The first-order valence-electron chi connectivity index (χ1n) is 7.54. The molecule has 0 amide bonds. The molecule has 0 saturated carbocycles. The molecule has 9 heteroatoms. The van der Waals surface area contributed by atoms with Crippen molar-refractivity contribution in [3.63, 3.8) is 0 Å². The van der Waals surface area contributed by atoms with Gasteiger partial charge in [-0.25, -0.2) is 10.1 Å². The predicted molar refractivity (Wildman–Crippen MR) is 100 cm³/mol. The lowest BCUT2D eigenvalue weighted by molar-refractivity contribution is 0.373. The molecule has 7 nitrogen and oxygen atoms in total. The molecule has 0 bridgehead atoms. The van der Waals surface area contributed by atoms with Crippen LogP contribution in [0.1, 0.15) is 31.0 Å². The Morgan fingerprint density at radius 1 is 1.44 bits per heavy atom. The molecular weight excluding hydrogens is 358 g/mol. The third-order valence-corrected chi connectivity index (χ3v) is 4.60. The summed E-state index contributed by atoms with van der Waals surface area (Å²) in [7, 11) is 1.50. The summed E-state index contributed by atoms with van der Waals surface area (Å²) in [5.74, 6) is 1.35. The Morgan fingerprint density at radius 2 is 2.24 bits per heavy atom. The summed E-state index contributed by atoms with van der Waals surface area (Å²) < 4.78 is 7.00. The standard InChI is InChI=1S/C16H17N5O2S2/c1-9(2)11-8-25-15(18-11)14-19-20-16(24)21(14)17-7-10-4-5-12(22)13(6-10)23-3/h4-9,22H,1-3H3,(H,20,24)/b17-7+. The van der Waals surface area contributed by atoms with E-state index in [1.165, 1.54) is 23.1 Å². The Bertz CT molecular complexity index is 971. The van der Waals surface area contributed by atoms with Gasteiger partial charge in [-0.05, 0) is 41.9 Å². The monoisotopic (exact) mass is 375 g/mol. The number of aromatic amines is 1. The number of phenolic OH excluding ortho intramolecular Hbond substituents is 1. The van der Waals surface area contributed by atoms with Gasteiger partial charge in [0, 0.05) is 5.38 Å². The van der Waals surface area contributed by atoms with Crippen molar-refractivity contribution in [3.05, 3.63) is 39.6 Å². The van der Waals surface area contributed by atoms with Crippen LogP contribution < -0.4 is 4.74 Å². The summed E-state index contributed by atoms with van der Waals surface area (Å²) in [4.78, 5) is 4.59. The minimum absolute atomic E-state index is 0.0734. The van der Waals surface area contributed by atoms with Crippen molar-refractivity contribution in [2.75, 3.05) is 7.11 Å². The van der Waals surface area contributed by atoms with E-state index in [0.717, 1.165) is 16.3 Å². The van der Waals surface area contributed by atoms with Gasteiger partial charge in [0.1, 0.15) is 0 Å². The Morgan fingerprint density at radius 3 is 2.92 bits per heavy atom. The van der Waals surface area contributed by atoms with Crippen LogP contribution in [0.3, 0.4) is 0 Å². The summed E-state index contributed by atoms with van der Waals surface area (Å²) in [6, 6.07) is 4.96. The molecule has 0 aliphatic rings. The third kappa shape index (κ3) is 3.62. The maximum atomic E-state index is 9.66. The van der Waals surface area contributed by atoms with E-state index in [2.05, 4.69) is 34.1 Å². The molecule has 0 saturated heterocycles. The Hall–Kier alpha value is -2.52. The second-order valence-electron chi connectivity index (χ2n) is 5.57. The summed E-state index contributed by atoms with van der Waals surface area (Å²) in [6.07, 6.45) is 1.62. The molecule has 0 radical (unpaired) electrons. The van der Waals surface area contributed by atoms with E-state index < -0.39 is 0 Å². The highest BCUT2D eigenvalue weighted by molar-refractivity contribution is 7.71. The number of rotatable bonds is 5. The smallest absolute Gasteiger partial charge is 0.216 e. The SMILES string of the molecule is COc1cc(/C=N/n2c(-c3nc(C(C)C)cs3)n[nH]c2=S)ccc1O. The summed E-state index contributed by atoms with van der Waals surface area (Å²) in [6.45, 7) is 4.18. The molecule has 0 spiro atoms. The summed E-state index contributed by atoms with van der Waals surface area (Å²) in [5.41, 5.74) is 1.76. The summed E-state index contributed by atoms with van der Waals surface area (Å²) in [5, 5.41) is 23.8. The van der Waals surface area contributed by atoms with Crippen molar-refractivity contribution in [3.8, 4) is 22.3 Å². The number of nitrogens with zero attached hydrogens (tertiary/aromatic N) is 4. The molecule has 25 heavy (non-hydrogen) atoms. The van der Waals surface area contributed by atoms with Crippen LogP contribution in [0.25, 0.3) is 10.8 Å². The molecule has 0 aliphatic carbocycles. The highest BCUT2D eigenvalue weighted by atomic mass is 32.1. The van der Waals surface area contributed by atoms with Gasteiger partial charge in [0.2, 0.25) is 10.6 Å². The summed E-state index contributed by atoms with van der Waals surface area (Å²) >= 11 is 6.76. The van der Waals surface area contributed by atoms with Gasteiger partial charge < -0.3 is 9.84 Å². The fourth-order valence-electron chi connectivity index (χ4n) is 2.09. The first kappa shape index (κ1) is 17.3. The van der Waals surface area contributed by atoms with Crippen molar-refractivity contribution in [1.82, 2.24) is 19.9 Å². The Balaban J connectivity index is 1.95. The number of ether oxygens (including phenoxy) is 1. The van der Waals surface area contributed by atoms with Crippen LogP contribution in [0.15, 0.2) is 28.7 Å². The van der Waals surface area contributed by atoms with E-state index in [-0.39, 0.29) is 5.75 Å². The molecular formula is C16H17N5O2S2. The van der Waals surface area contributed by atoms with Crippen LogP contribution in [0.2, 0.25) is 0 Å². The topological polar surface area (TPSA) is 88.3 Å². The first-order chi connectivity index (χ1) is 12.0. The first-order valence-corrected chi connectivity index (χ1v) is 8.83. The quantitative estimate of drug-likeness (QED) is 0.523. The predicted octanol–water partition coefficient (Wildman–Crippen LogP) is 3.78. The highest BCUT2D eigenvalue weighted by Gasteiger charge is 2.14. The third-order valence-electron chi connectivity index (χ3n) is 3.48. The lowest BCUT2D eigenvalue weighted by atomic mass is 10.2. The zero-order chi connectivity index (χ0) is 18.0. The number of hydrogen-bond donors (Lipinski definition) is 2. The number of methoxy groups -OCH3 is 1. The minimum atomic E-state index is 0.0734. The molecule has 2 heterocycles. The average Bonchev–Trinajstić information content (AvgIpc) is 3.21. The molecule has 1 aromatic carbocycles. The fourth-order valence-corrected chi connectivity index (χ4v) is 3.22. The van der Waals surface area contributed by atoms with E-state index in [1.807, 2.05) is 5.38 Å². The number of nitrogens with one attached hydrogen (secondary N) is 1. The van der Waals surface area contributed by atoms with Gasteiger partial charge in [0.15, 0.2) is 16.5 Å². The maximum absolute atomic E-state index is 9.66. The number of aromatic nitrogens is 4. The molecule has 2 aromatic heterocycles. The van der Waals surface area contributed by atoms with E-state index in [0.29, 0.717) is 22.3 Å². The van der Waals surface area contributed by atoms with Gasteiger partial charge >= 0.3 is 0 Å². The molecule has 2 N–H and O–H groups in total. The Labute approximate surface area is 153 Å². The molecule has 3 aromatic rings. The van der Waals surface area contributed by atoms with Crippen LogP contribution >= 0.6 is 23.6 Å². The van der Waals surface area contributed by atoms with Crippen molar-refractivity contribution in [2.24, 2.45) is 5.10 Å². The number of benzene rings is 1. The lowest BCUT2D eigenvalue weighted by Gasteiger charge is -2.03. The zero-order valence-corrected chi connectivity index (χ0v) is 15.6. The van der Waals surface area contributed by atoms with Gasteiger partial charge in [-0.15, -0.1) is 16.4 Å². The molecule has 3 rings (SSSR count). The molecule has 0 fully saturated rings. The van der Waals surface area contributed by atoms with Crippen LogP contribution in [-0.2, 0) is 0 Å². The molecule has 0 aliphatic heterocycles. The van der Waals surface area contributed by atoms with Gasteiger partial charge in [0.25, 0.3) is 0 Å². The molecule has 0 atom stereocenters. The lowest BCUT2D eigenvalue weighted by Crippen LogP contribution is -1.96. The second kappa shape index (κ2) is 7.16. The molecule has 0 unspecified atom stereocenters. The molecule has 130 valence electrons. The number of phenols is 1. The largest absolute Gasteiger partial charge is 0.504 e.